The zero-order valence-corrected chi connectivity index (χ0v) is 25.9. The van der Waals surface area contributed by atoms with Crippen molar-refractivity contribution in [3.05, 3.63) is 170 Å². The maximum Gasteiger partial charge on any atom is 0.164 e. The Balaban J connectivity index is 1.22. The standard InChI is InChI=1S/C43H28N4O/c1-4-14-30(15-5-1)41-44-42(32-24-23-29-13-10-11-16-31(29)27-32)46-43(45-41)37-21-12-22-38-40(37)36-26-25-35(28-39(36)48-38)47(33-17-6-2-7-18-33)34-19-8-3-9-20-34/h1-28H. The van der Waals surface area contributed by atoms with Crippen LogP contribution in [0.15, 0.2) is 174 Å². The molecule has 0 amide bonds. The maximum atomic E-state index is 6.56. The highest BCUT2D eigenvalue weighted by molar-refractivity contribution is 6.12. The molecule has 0 saturated heterocycles. The smallest absolute Gasteiger partial charge is 0.164 e. The second kappa shape index (κ2) is 11.6. The molecule has 0 fully saturated rings. The molecule has 5 nitrogen and oxygen atoms in total. The summed E-state index contributed by atoms with van der Waals surface area (Å²) in [6.07, 6.45) is 0. The van der Waals surface area contributed by atoms with E-state index in [9.17, 15) is 0 Å². The average molecular weight is 617 g/mol. The molecule has 0 unspecified atom stereocenters. The van der Waals surface area contributed by atoms with Gasteiger partial charge in [-0.3, -0.25) is 0 Å². The van der Waals surface area contributed by atoms with Gasteiger partial charge in [0.25, 0.3) is 0 Å². The van der Waals surface area contributed by atoms with E-state index in [1.54, 1.807) is 0 Å². The van der Waals surface area contributed by atoms with Crippen molar-refractivity contribution < 1.29 is 4.42 Å². The van der Waals surface area contributed by atoms with Crippen LogP contribution >= 0.6 is 0 Å². The Morgan fingerprint density at radius 2 is 1.02 bits per heavy atom. The summed E-state index contributed by atoms with van der Waals surface area (Å²) in [6, 6.07) is 58.0. The minimum absolute atomic E-state index is 0.597. The van der Waals surface area contributed by atoms with E-state index in [2.05, 4.69) is 120 Å². The molecular weight excluding hydrogens is 589 g/mol. The van der Waals surface area contributed by atoms with Gasteiger partial charge in [0.1, 0.15) is 11.2 Å². The van der Waals surface area contributed by atoms with Crippen LogP contribution in [0, 0.1) is 0 Å². The SMILES string of the molecule is c1ccc(-c2nc(-c3ccc4ccccc4c3)nc(-c3cccc4oc5cc(N(c6ccccc6)c6ccccc6)ccc5c34)n2)cc1. The van der Waals surface area contributed by atoms with Crippen molar-refractivity contribution in [2.75, 3.05) is 4.90 Å². The lowest BCUT2D eigenvalue weighted by molar-refractivity contribution is 0.669. The zero-order valence-electron chi connectivity index (χ0n) is 25.9. The summed E-state index contributed by atoms with van der Waals surface area (Å²) in [7, 11) is 0. The summed E-state index contributed by atoms with van der Waals surface area (Å²) in [6.45, 7) is 0. The van der Waals surface area contributed by atoms with Gasteiger partial charge in [0.2, 0.25) is 0 Å². The van der Waals surface area contributed by atoms with Gasteiger partial charge in [0, 0.05) is 50.6 Å². The highest BCUT2D eigenvalue weighted by Crippen LogP contribution is 2.41. The van der Waals surface area contributed by atoms with Gasteiger partial charge in [-0.15, -0.1) is 0 Å². The monoisotopic (exact) mass is 616 g/mol. The average Bonchev–Trinajstić information content (AvgIpc) is 3.54. The summed E-state index contributed by atoms with van der Waals surface area (Å²) in [5, 5.41) is 4.28. The Bertz CT molecular complexity index is 2520. The first-order valence-corrected chi connectivity index (χ1v) is 16.0. The van der Waals surface area contributed by atoms with Crippen LogP contribution in [0.2, 0.25) is 0 Å². The highest BCUT2D eigenvalue weighted by Gasteiger charge is 2.20. The van der Waals surface area contributed by atoms with E-state index in [1.807, 2.05) is 54.6 Å². The van der Waals surface area contributed by atoms with Crippen molar-refractivity contribution in [1.82, 2.24) is 15.0 Å². The molecule has 48 heavy (non-hydrogen) atoms. The lowest BCUT2D eigenvalue weighted by atomic mass is 10.0. The molecule has 0 bridgehead atoms. The third-order valence-electron chi connectivity index (χ3n) is 8.68. The van der Waals surface area contributed by atoms with Crippen LogP contribution < -0.4 is 4.90 Å². The van der Waals surface area contributed by atoms with Crippen molar-refractivity contribution >= 4 is 49.8 Å². The van der Waals surface area contributed by atoms with E-state index < -0.39 is 0 Å². The van der Waals surface area contributed by atoms with Crippen LogP contribution in [0.25, 0.3) is 66.9 Å². The van der Waals surface area contributed by atoms with Crippen LogP contribution in [0.1, 0.15) is 0 Å². The van der Waals surface area contributed by atoms with Gasteiger partial charge in [0.15, 0.2) is 17.5 Å². The normalized spacial score (nSPS) is 11.3. The molecule has 9 aromatic rings. The first-order valence-electron chi connectivity index (χ1n) is 16.0. The molecule has 0 aliphatic carbocycles. The summed E-state index contributed by atoms with van der Waals surface area (Å²) in [4.78, 5) is 17.4. The van der Waals surface area contributed by atoms with Gasteiger partial charge in [-0.25, -0.2) is 15.0 Å². The third-order valence-corrected chi connectivity index (χ3v) is 8.68. The topological polar surface area (TPSA) is 55.1 Å². The van der Waals surface area contributed by atoms with Gasteiger partial charge in [-0.1, -0.05) is 115 Å². The number of para-hydroxylation sites is 2. The summed E-state index contributed by atoms with van der Waals surface area (Å²) in [5.41, 5.74) is 7.47. The minimum Gasteiger partial charge on any atom is -0.456 e. The predicted molar refractivity (Wildman–Crippen MR) is 196 cm³/mol. The summed E-state index contributed by atoms with van der Waals surface area (Å²) < 4.78 is 6.56. The first kappa shape index (κ1) is 27.7. The predicted octanol–water partition coefficient (Wildman–Crippen LogP) is 11.4. The molecule has 226 valence electrons. The van der Waals surface area contributed by atoms with Gasteiger partial charge >= 0.3 is 0 Å². The van der Waals surface area contributed by atoms with E-state index in [1.165, 1.54) is 5.39 Å². The fourth-order valence-electron chi connectivity index (χ4n) is 6.41. The van der Waals surface area contributed by atoms with Crippen LogP contribution in [-0.4, -0.2) is 15.0 Å². The molecule has 0 saturated carbocycles. The molecule has 0 spiro atoms. The lowest BCUT2D eigenvalue weighted by Gasteiger charge is -2.25. The number of hydrogen-bond acceptors (Lipinski definition) is 5. The number of anilines is 3. The Morgan fingerprint density at radius 1 is 0.396 bits per heavy atom. The molecule has 0 aliphatic rings. The molecule has 0 aliphatic heterocycles. The Hall–Kier alpha value is -6.59. The van der Waals surface area contributed by atoms with E-state index in [0.29, 0.717) is 17.5 Å². The second-order valence-electron chi connectivity index (χ2n) is 11.7. The van der Waals surface area contributed by atoms with Crippen molar-refractivity contribution in [3.63, 3.8) is 0 Å². The van der Waals surface area contributed by atoms with Gasteiger partial charge in [-0.2, -0.15) is 0 Å². The largest absolute Gasteiger partial charge is 0.456 e. The van der Waals surface area contributed by atoms with Crippen LogP contribution in [-0.2, 0) is 0 Å². The molecular formula is C43H28N4O. The van der Waals surface area contributed by atoms with Crippen LogP contribution in [0.3, 0.4) is 0 Å². The number of hydrogen-bond donors (Lipinski definition) is 0. The number of fused-ring (bicyclic) bond motifs is 4. The Labute approximate surface area is 277 Å². The van der Waals surface area contributed by atoms with Crippen molar-refractivity contribution in [1.29, 1.82) is 0 Å². The molecule has 0 N–H and O–H groups in total. The fourth-order valence-corrected chi connectivity index (χ4v) is 6.41. The van der Waals surface area contributed by atoms with E-state index in [-0.39, 0.29) is 0 Å². The van der Waals surface area contributed by atoms with Crippen molar-refractivity contribution in [3.8, 4) is 34.2 Å². The zero-order chi connectivity index (χ0) is 31.9. The van der Waals surface area contributed by atoms with E-state index in [4.69, 9.17) is 19.4 Å². The minimum atomic E-state index is 0.597. The number of nitrogens with zero attached hydrogens (tertiary/aromatic N) is 4. The van der Waals surface area contributed by atoms with Crippen LogP contribution in [0.4, 0.5) is 17.1 Å². The molecule has 2 heterocycles. The summed E-state index contributed by atoms with van der Waals surface area (Å²) in [5.74, 6) is 1.84. The third kappa shape index (κ3) is 4.95. The number of benzene rings is 7. The molecule has 7 aromatic carbocycles. The van der Waals surface area contributed by atoms with Gasteiger partial charge < -0.3 is 9.32 Å². The Morgan fingerprint density at radius 3 is 1.75 bits per heavy atom. The molecule has 2 aromatic heterocycles. The summed E-state index contributed by atoms with van der Waals surface area (Å²) >= 11 is 0. The van der Waals surface area contributed by atoms with Gasteiger partial charge in [0.05, 0.1) is 0 Å². The molecule has 0 atom stereocenters. The second-order valence-corrected chi connectivity index (χ2v) is 11.7. The van der Waals surface area contributed by atoms with Crippen molar-refractivity contribution in [2.24, 2.45) is 0 Å². The fraction of sp³-hybridized carbons (Fsp3) is 0. The van der Waals surface area contributed by atoms with Crippen molar-refractivity contribution in [2.45, 2.75) is 0 Å². The van der Waals surface area contributed by atoms with E-state index >= 15 is 0 Å². The Kier molecular flexibility index (Phi) is 6.72. The number of aromatic nitrogens is 3. The maximum absolute atomic E-state index is 6.56. The quantitative estimate of drug-likeness (QED) is 0.186. The number of furan rings is 1. The van der Waals surface area contributed by atoms with Crippen LogP contribution in [0.5, 0.6) is 0 Å². The molecule has 0 radical (unpaired) electrons. The highest BCUT2D eigenvalue weighted by atomic mass is 16.3. The van der Waals surface area contributed by atoms with E-state index in [0.717, 1.165) is 61.1 Å². The lowest BCUT2D eigenvalue weighted by Crippen LogP contribution is -2.09. The molecule has 5 heteroatoms. The first-order chi connectivity index (χ1) is 23.8. The number of rotatable bonds is 6. The van der Waals surface area contributed by atoms with Gasteiger partial charge in [-0.05, 0) is 59.3 Å². The molecule has 9 rings (SSSR count).